The van der Waals surface area contributed by atoms with Gasteiger partial charge in [0.15, 0.2) is 0 Å². The summed E-state index contributed by atoms with van der Waals surface area (Å²) in [4.78, 5) is 26.6. The van der Waals surface area contributed by atoms with Gasteiger partial charge in [-0.3, -0.25) is 9.69 Å². The molecule has 0 aliphatic carbocycles. The third-order valence-electron chi connectivity index (χ3n) is 5.10. The molecule has 30 heavy (non-hydrogen) atoms. The van der Waals surface area contributed by atoms with Crippen LogP contribution in [0.15, 0.2) is 36.4 Å². The zero-order valence-corrected chi connectivity index (χ0v) is 18.1. The number of amides is 1. The van der Waals surface area contributed by atoms with Crippen molar-refractivity contribution in [3.8, 4) is 0 Å². The molecular weight excluding hydrogens is 430 g/mol. The highest BCUT2D eigenvalue weighted by molar-refractivity contribution is 6.34. The van der Waals surface area contributed by atoms with E-state index in [0.29, 0.717) is 48.7 Å². The molecule has 0 bridgehead atoms. The Kier molecular flexibility index (Phi) is 7.69. The SMILES string of the molecule is CCOC(=O)c1ccc(NC(=O)C2CCN(Cc3ccc(Cl)cc3F)CC2)cc1Cl. The number of carbonyl (C=O) groups is 2. The zero-order valence-electron chi connectivity index (χ0n) is 16.6. The molecule has 3 rings (SSSR count). The predicted octanol–water partition coefficient (Wildman–Crippen LogP) is 5.16. The van der Waals surface area contributed by atoms with Crippen molar-refractivity contribution in [1.82, 2.24) is 4.90 Å². The second kappa shape index (κ2) is 10.2. The van der Waals surface area contributed by atoms with Crippen LogP contribution in [0.25, 0.3) is 0 Å². The lowest BCUT2D eigenvalue weighted by molar-refractivity contribution is -0.121. The summed E-state index contributed by atoms with van der Waals surface area (Å²) in [6.45, 7) is 3.86. The lowest BCUT2D eigenvalue weighted by Crippen LogP contribution is -2.37. The van der Waals surface area contributed by atoms with Crippen molar-refractivity contribution in [1.29, 1.82) is 0 Å². The summed E-state index contributed by atoms with van der Waals surface area (Å²) in [5.74, 6) is -1.04. The summed E-state index contributed by atoms with van der Waals surface area (Å²) in [5, 5.41) is 3.47. The minimum atomic E-state index is -0.495. The first-order chi connectivity index (χ1) is 14.4. The molecule has 0 radical (unpaired) electrons. The number of nitrogens with one attached hydrogen (secondary N) is 1. The van der Waals surface area contributed by atoms with Crippen LogP contribution < -0.4 is 5.32 Å². The van der Waals surface area contributed by atoms with E-state index in [2.05, 4.69) is 10.2 Å². The largest absolute Gasteiger partial charge is 0.462 e. The Hall–Kier alpha value is -2.15. The molecule has 2 aromatic rings. The van der Waals surface area contributed by atoms with Crippen molar-refractivity contribution in [3.05, 3.63) is 63.4 Å². The summed E-state index contributed by atoms with van der Waals surface area (Å²) < 4.78 is 18.9. The molecule has 1 heterocycles. The fourth-order valence-electron chi connectivity index (χ4n) is 3.46. The number of carbonyl (C=O) groups excluding carboxylic acids is 2. The van der Waals surface area contributed by atoms with Gasteiger partial charge in [-0.2, -0.15) is 0 Å². The number of benzene rings is 2. The van der Waals surface area contributed by atoms with E-state index in [1.807, 2.05) is 0 Å². The van der Waals surface area contributed by atoms with Crippen LogP contribution in [0.1, 0.15) is 35.7 Å². The van der Waals surface area contributed by atoms with Gasteiger partial charge in [-0.05, 0) is 63.2 Å². The number of hydrogen-bond acceptors (Lipinski definition) is 4. The Bertz CT molecular complexity index is 931. The average Bonchev–Trinajstić information content (AvgIpc) is 2.71. The maximum atomic E-state index is 14.0. The van der Waals surface area contributed by atoms with Gasteiger partial charge in [-0.1, -0.05) is 29.3 Å². The molecule has 0 atom stereocenters. The summed E-state index contributed by atoms with van der Waals surface area (Å²) in [6.07, 6.45) is 1.35. The first kappa shape index (κ1) is 22.5. The number of rotatable bonds is 6. The van der Waals surface area contributed by atoms with Gasteiger partial charge in [0.1, 0.15) is 5.82 Å². The van der Waals surface area contributed by atoms with Crippen LogP contribution in [-0.2, 0) is 16.1 Å². The second-order valence-corrected chi connectivity index (χ2v) is 8.03. The molecule has 5 nitrogen and oxygen atoms in total. The van der Waals surface area contributed by atoms with Crippen LogP contribution in [0, 0.1) is 11.7 Å². The van der Waals surface area contributed by atoms with E-state index in [0.717, 1.165) is 0 Å². The van der Waals surface area contributed by atoms with Gasteiger partial charge in [-0.25, -0.2) is 9.18 Å². The molecule has 1 saturated heterocycles. The highest BCUT2D eigenvalue weighted by atomic mass is 35.5. The number of esters is 1. The summed E-state index contributed by atoms with van der Waals surface area (Å²) in [7, 11) is 0. The van der Waals surface area contributed by atoms with Crippen molar-refractivity contribution < 1.29 is 18.7 Å². The van der Waals surface area contributed by atoms with Crippen LogP contribution in [0.5, 0.6) is 0 Å². The number of hydrogen-bond donors (Lipinski definition) is 1. The minimum Gasteiger partial charge on any atom is -0.462 e. The molecular formula is C22H23Cl2FN2O3. The molecule has 1 amide bonds. The molecule has 2 aromatic carbocycles. The van der Waals surface area contributed by atoms with Gasteiger partial charge in [0, 0.05) is 28.7 Å². The fourth-order valence-corrected chi connectivity index (χ4v) is 3.87. The number of halogens is 3. The quantitative estimate of drug-likeness (QED) is 0.614. The van der Waals surface area contributed by atoms with Gasteiger partial charge >= 0.3 is 5.97 Å². The monoisotopic (exact) mass is 452 g/mol. The van der Waals surface area contributed by atoms with E-state index in [1.165, 1.54) is 6.07 Å². The summed E-state index contributed by atoms with van der Waals surface area (Å²) in [5.41, 5.74) is 1.39. The summed E-state index contributed by atoms with van der Waals surface area (Å²) >= 11 is 11.9. The average molecular weight is 453 g/mol. The van der Waals surface area contributed by atoms with Crippen molar-refractivity contribution in [2.75, 3.05) is 25.0 Å². The molecule has 1 aliphatic rings. The van der Waals surface area contributed by atoms with Gasteiger partial charge < -0.3 is 10.1 Å². The first-order valence-corrected chi connectivity index (χ1v) is 10.6. The highest BCUT2D eigenvalue weighted by Gasteiger charge is 2.26. The van der Waals surface area contributed by atoms with Gasteiger partial charge in [0.25, 0.3) is 0 Å². The van der Waals surface area contributed by atoms with Gasteiger partial charge in [0.2, 0.25) is 5.91 Å². The zero-order chi connectivity index (χ0) is 21.7. The molecule has 1 N–H and O–H groups in total. The second-order valence-electron chi connectivity index (χ2n) is 7.19. The number of anilines is 1. The standard InChI is InChI=1S/C22H23Cl2FN2O3/c1-2-30-22(29)18-6-5-17(12-19(18)24)26-21(28)14-7-9-27(10-8-14)13-15-3-4-16(23)11-20(15)25/h3-6,11-12,14H,2,7-10,13H2,1H3,(H,26,28). The Morgan fingerprint density at radius 3 is 2.53 bits per heavy atom. The topological polar surface area (TPSA) is 58.6 Å². The lowest BCUT2D eigenvalue weighted by Gasteiger charge is -2.31. The maximum absolute atomic E-state index is 14.0. The third-order valence-corrected chi connectivity index (χ3v) is 5.65. The predicted molar refractivity (Wildman–Crippen MR) is 115 cm³/mol. The van der Waals surface area contributed by atoms with Crippen LogP contribution in [0.4, 0.5) is 10.1 Å². The molecule has 0 aromatic heterocycles. The van der Waals surface area contributed by atoms with E-state index in [4.69, 9.17) is 27.9 Å². The molecule has 0 saturated carbocycles. The van der Waals surface area contributed by atoms with Crippen LogP contribution in [-0.4, -0.2) is 36.5 Å². The smallest absolute Gasteiger partial charge is 0.339 e. The van der Waals surface area contributed by atoms with E-state index in [1.54, 1.807) is 37.3 Å². The molecule has 8 heteroatoms. The number of nitrogens with zero attached hydrogens (tertiary/aromatic N) is 1. The van der Waals surface area contributed by atoms with E-state index in [9.17, 15) is 14.0 Å². The van der Waals surface area contributed by atoms with Crippen molar-refractivity contribution in [3.63, 3.8) is 0 Å². The van der Waals surface area contributed by atoms with E-state index < -0.39 is 5.97 Å². The van der Waals surface area contributed by atoms with Crippen molar-refractivity contribution in [2.24, 2.45) is 5.92 Å². The van der Waals surface area contributed by atoms with Crippen molar-refractivity contribution in [2.45, 2.75) is 26.3 Å². The normalized spacial score (nSPS) is 15.1. The van der Waals surface area contributed by atoms with Crippen LogP contribution >= 0.6 is 23.2 Å². The molecule has 0 unspecified atom stereocenters. The van der Waals surface area contributed by atoms with Crippen LogP contribution in [0.3, 0.4) is 0 Å². The Labute approximate surface area is 185 Å². The van der Waals surface area contributed by atoms with Crippen molar-refractivity contribution >= 4 is 40.8 Å². The Balaban J connectivity index is 1.53. The Morgan fingerprint density at radius 1 is 1.17 bits per heavy atom. The Morgan fingerprint density at radius 2 is 1.90 bits per heavy atom. The van der Waals surface area contributed by atoms with E-state index >= 15 is 0 Å². The van der Waals surface area contributed by atoms with Crippen LogP contribution in [0.2, 0.25) is 10.0 Å². The number of piperidine rings is 1. The maximum Gasteiger partial charge on any atom is 0.339 e. The molecule has 1 fully saturated rings. The third kappa shape index (κ3) is 5.72. The lowest BCUT2D eigenvalue weighted by atomic mass is 9.95. The highest BCUT2D eigenvalue weighted by Crippen LogP contribution is 2.25. The van der Waals surface area contributed by atoms with E-state index in [-0.39, 0.29) is 34.8 Å². The number of likely N-dealkylation sites (tertiary alicyclic amines) is 1. The van der Waals surface area contributed by atoms with Gasteiger partial charge in [0.05, 0.1) is 17.2 Å². The fraction of sp³-hybridized carbons (Fsp3) is 0.364. The summed E-state index contributed by atoms with van der Waals surface area (Å²) in [6, 6.07) is 9.41. The molecule has 0 spiro atoms. The molecule has 160 valence electrons. The van der Waals surface area contributed by atoms with Gasteiger partial charge in [-0.15, -0.1) is 0 Å². The first-order valence-electron chi connectivity index (χ1n) is 9.81. The minimum absolute atomic E-state index is 0.0905. The molecule has 1 aliphatic heterocycles. The number of ether oxygens (including phenoxy) is 1.